The first-order valence-electron chi connectivity index (χ1n) is 3.86. The van der Waals surface area contributed by atoms with Gasteiger partial charge >= 0.3 is 0 Å². The summed E-state index contributed by atoms with van der Waals surface area (Å²) in [5.74, 6) is 0. The summed E-state index contributed by atoms with van der Waals surface area (Å²) < 4.78 is 0. The Hall–Kier alpha value is -0.500. The van der Waals surface area contributed by atoms with Crippen molar-refractivity contribution >= 4 is 29.3 Å². The molecule has 0 aliphatic rings. The second kappa shape index (κ2) is 4.66. The van der Waals surface area contributed by atoms with E-state index in [1.54, 1.807) is 12.1 Å². The van der Waals surface area contributed by atoms with Crippen molar-refractivity contribution in [2.45, 2.75) is 6.92 Å². The highest BCUT2D eigenvalue weighted by molar-refractivity contribution is 6.42. The van der Waals surface area contributed by atoms with Crippen LogP contribution < -0.4 is 0 Å². The van der Waals surface area contributed by atoms with E-state index in [2.05, 4.69) is 0 Å². The molecule has 0 aromatic heterocycles. The van der Waals surface area contributed by atoms with Crippen LogP contribution in [0.1, 0.15) is 12.5 Å². The molecule has 0 saturated heterocycles. The largest absolute Gasteiger partial charge is 0.392 e. The number of aliphatic hydroxyl groups excluding tert-OH is 1. The van der Waals surface area contributed by atoms with E-state index in [1.165, 1.54) is 0 Å². The number of hydrogen-bond donors (Lipinski definition) is 1. The van der Waals surface area contributed by atoms with Crippen molar-refractivity contribution < 1.29 is 5.11 Å². The molecular weight excluding hydrogens is 207 g/mol. The first-order chi connectivity index (χ1) is 6.13. The summed E-state index contributed by atoms with van der Waals surface area (Å²) >= 11 is 11.6. The third kappa shape index (κ3) is 3.03. The highest BCUT2D eigenvalue weighted by Crippen LogP contribution is 2.23. The molecule has 0 heterocycles. The van der Waals surface area contributed by atoms with E-state index in [1.807, 2.05) is 19.1 Å². The normalized spacial score (nSPS) is 11.8. The van der Waals surface area contributed by atoms with Gasteiger partial charge < -0.3 is 5.11 Å². The molecule has 13 heavy (non-hydrogen) atoms. The lowest BCUT2D eigenvalue weighted by Gasteiger charge is -1.99. The van der Waals surface area contributed by atoms with Gasteiger partial charge in [-0.15, -0.1) is 0 Å². The van der Waals surface area contributed by atoms with Crippen LogP contribution in [0.25, 0.3) is 6.08 Å². The Kier molecular flexibility index (Phi) is 3.79. The lowest BCUT2D eigenvalue weighted by atomic mass is 10.1. The number of hydrogen-bond acceptors (Lipinski definition) is 1. The van der Waals surface area contributed by atoms with Crippen molar-refractivity contribution in [1.29, 1.82) is 0 Å². The number of rotatable bonds is 2. The molecule has 0 saturated carbocycles. The summed E-state index contributed by atoms with van der Waals surface area (Å²) in [6.45, 7) is 1.91. The van der Waals surface area contributed by atoms with Gasteiger partial charge in [-0.1, -0.05) is 35.3 Å². The molecule has 70 valence electrons. The Morgan fingerprint density at radius 2 is 2.08 bits per heavy atom. The van der Waals surface area contributed by atoms with E-state index in [0.29, 0.717) is 10.0 Å². The molecule has 0 unspecified atom stereocenters. The minimum absolute atomic E-state index is 0.0558. The quantitative estimate of drug-likeness (QED) is 0.804. The third-order valence-corrected chi connectivity index (χ3v) is 2.35. The maximum atomic E-state index is 8.79. The van der Waals surface area contributed by atoms with Crippen LogP contribution in [0.3, 0.4) is 0 Å². The maximum Gasteiger partial charge on any atom is 0.0642 e. The number of benzene rings is 1. The molecule has 3 heteroatoms. The fourth-order valence-electron chi connectivity index (χ4n) is 0.932. The monoisotopic (exact) mass is 216 g/mol. The average Bonchev–Trinajstić information content (AvgIpc) is 2.11. The Balaban J connectivity index is 2.98. The van der Waals surface area contributed by atoms with Crippen LogP contribution in [-0.4, -0.2) is 11.7 Å². The van der Waals surface area contributed by atoms with Gasteiger partial charge in [0.1, 0.15) is 0 Å². The molecule has 0 bridgehead atoms. The summed E-state index contributed by atoms with van der Waals surface area (Å²) in [5, 5.41) is 9.86. The summed E-state index contributed by atoms with van der Waals surface area (Å²) in [4.78, 5) is 0. The zero-order valence-corrected chi connectivity index (χ0v) is 8.73. The van der Waals surface area contributed by atoms with Gasteiger partial charge in [0, 0.05) is 0 Å². The van der Waals surface area contributed by atoms with Gasteiger partial charge in [-0.2, -0.15) is 0 Å². The molecule has 0 atom stereocenters. The second-order valence-corrected chi connectivity index (χ2v) is 3.64. The van der Waals surface area contributed by atoms with Crippen LogP contribution >= 0.6 is 23.2 Å². The van der Waals surface area contributed by atoms with E-state index in [0.717, 1.165) is 11.1 Å². The maximum absolute atomic E-state index is 8.79. The van der Waals surface area contributed by atoms with Crippen LogP contribution in [-0.2, 0) is 0 Å². The van der Waals surface area contributed by atoms with Gasteiger partial charge in [-0.05, 0) is 30.2 Å². The van der Waals surface area contributed by atoms with Gasteiger partial charge in [0.15, 0.2) is 0 Å². The first kappa shape index (κ1) is 10.6. The fourth-order valence-corrected chi connectivity index (χ4v) is 1.24. The lowest BCUT2D eigenvalue weighted by Crippen LogP contribution is -1.83. The van der Waals surface area contributed by atoms with E-state index in [9.17, 15) is 0 Å². The Bertz CT molecular complexity index is 332. The molecular formula is C10H10Cl2O. The summed E-state index contributed by atoms with van der Waals surface area (Å²) in [7, 11) is 0. The Labute approximate surface area is 87.6 Å². The van der Waals surface area contributed by atoms with E-state index in [4.69, 9.17) is 28.3 Å². The first-order valence-corrected chi connectivity index (χ1v) is 4.62. The molecule has 0 spiro atoms. The van der Waals surface area contributed by atoms with Crippen LogP contribution in [0.4, 0.5) is 0 Å². The standard InChI is InChI=1S/C10H10Cl2O/c1-7(6-13)4-8-2-3-9(11)10(12)5-8/h2-5,13H,6H2,1H3/b7-4-. The third-order valence-electron chi connectivity index (χ3n) is 1.61. The summed E-state index contributed by atoms with van der Waals surface area (Å²) in [6.07, 6.45) is 1.86. The van der Waals surface area contributed by atoms with Crippen LogP contribution in [0.2, 0.25) is 10.0 Å². The summed E-state index contributed by atoms with van der Waals surface area (Å²) in [5.41, 5.74) is 1.83. The minimum Gasteiger partial charge on any atom is -0.392 e. The van der Waals surface area contributed by atoms with Crippen molar-refractivity contribution in [3.8, 4) is 0 Å². The molecule has 1 rings (SSSR count). The molecule has 0 fully saturated rings. The van der Waals surface area contributed by atoms with Gasteiger partial charge in [0.2, 0.25) is 0 Å². The van der Waals surface area contributed by atoms with Crippen molar-refractivity contribution in [2.24, 2.45) is 0 Å². The SMILES string of the molecule is C/C(=C/c1ccc(Cl)c(Cl)c1)CO. The molecule has 0 aliphatic heterocycles. The molecule has 0 radical (unpaired) electrons. The number of halogens is 2. The van der Waals surface area contributed by atoms with Crippen molar-refractivity contribution in [1.82, 2.24) is 0 Å². The van der Waals surface area contributed by atoms with E-state index in [-0.39, 0.29) is 6.61 Å². The molecule has 0 amide bonds. The van der Waals surface area contributed by atoms with Gasteiger partial charge in [0.05, 0.1) is 16.7 Å². The average molecular weight is 217 g/mol. The zero-order chi connectivity index (χ0) is 9.84. The van der Waals surface area contributed by atoms with E-state index < -0.39 is 0 Å². The molecule has 1 N–H and O–H groups in total. The molecule has 1 nitrogen and oxygen atoms in total. The van der Waals surface area contributed by atoms with Crippen LogP contribution in [0.5, 0.6) is 0 Å². The minimum atomic E-state index is 0.0558. The van der Waals surface area contributed by atoms with Crippen LogP contribution in [0, 0.1) is 0 Å². The fraction of sp³-hybridized carbons (Fsp3) is 0.200. The van der Waals surface area contributed by atoms with Gasteiger partial charge in [-0.3, -0.25) is 0 Å². The van der Waals surface area contributed by atoms with Crippen molar-refractivity contribution in [3.05, 3.63) is 39.4 Å². The lowest BCUT2D eigenvalue weighted by molar-refractivity contribution is 0.332. The summed E-state index contributed by atoms with van der Waals surface area (Å²) in [6, 6.07) is 5.36. The Morgan fingerprint density at radius 1 is 1.38 bits per heavy atom. The molecule has 0 aliphatic carbocycles. The molecule has 1 aromatic rings. The predicted molar refractivity (Wildman–Crippen MR) is 57.2 cm³/mol. The highest BCUT2D eigenvalue weighted by Gasteiger charge is 1.97. The predicted octanol–water partition coefficient (Wildman–Crippen LogP) is 3.39. The molecule has 1 aromatic carbocycles. The zero-order valence-electron chi connectivity index (χ0n) is 7.22. The van der Waals surface area contributed by atoms with Crippen molar-refractivity contribution in [2.75, 3.05) is 6.61 Å². The highest BCUT2D eigenvalue weighted by atomic mass is 35.5. The smallest absolute Gasteiger partial charge is 0.0642 e. The van der Waals surface area contributed by atoms with E-state index >= 15 is 0 Å². The number of aliphatic hydroxyl groups is 1. The van der Waals surface area contributed by atoms with Gasteiger partial charge in [-0.25, -0.2) is 0 Å². The van der Waals surface area contributed by atoms with Crippen LogP contribution in [0.15, 0.2) is 23.8 Å². The second-order valence-electron chi connectivity index (χ2n) is 2.82. The topological polar surface area (TPSA) is 20.2 Å². The van der Waals surface area contributed by atoms with Gasteiger partial charge in [0.25, 0.3) is 0 Å². The Morgan fingerprint density at radius 3 is 2.62 bits per heavy atom. The van der Waals surface area contributed by atoms with Crippen molar-refractivity contribution in [3.63, 3.8) is 0 Å².